The zero-order chi connectivity index (χ0) is 12.4. The molecule has 0 aromatic rings. The van der Waals surface area contributed by atoms with Gasteiger partial charge in [-0.2, -0.15) is 0 Å². The first-order chi connectivity index (χ1) is 8.08. The fourth-order valence-corrected chi connectivity index (χ4v) is 3.86. The van der Waals surface area contributed by atoms with Crippen LogP contribution in [0.3, 0.4) is 0 Å². The molecule has 1 heteroatoms. The molecular formula is C16H31N. The number of hydrogen-bond acceptors (Lipinski definition) is 1. The van der Waals surface area contributed by atoms with E-state index >= 15 is 0 Å². The summed E-state index contributed by atoms with van der Waals surface area (Å²) in [6.45, 7) is 9.76. The maximum Gasteiger partial charge on any atom is 0.00979 e. The van der Waals surface area contributed by atoms with Gasteiger partial charge >= 0.3 is 0 Å². The summed E-state index contributed by atoms with van der Waals surface area (Å²) in [5.41, 5.74) is 0. The second-order valence-corrected chi connectivity index (χ2v) is 7.04. The van der Waals surface area contributed by atoms with Gasteiger partial charge in [0.2, 0.25) is 0 Å². The molecule has 2 saturated carbocycles. The van der Waals surface area contributed by atoms with Gasteiger partial charge in [0.15, 0.2) is 0 Å². The van der Waals surface area contributed by atoms with E-state index in [4.69, 9.17) is 0 Å². The summed E-state index contributed by atoms with van der Waals surface area (Å²) in [5.74, 6) is 3.60. The molecule has 0 saturated heterocycles. The van der Waals surface area contributed by atoms with E-state index in [0.717, 1.165) is 35.8 Å². The van der Waals surface area contributed by atoms with Gasteiger partial charge in [-0.05, 0) is 42.9 Å². The number of rotatable bonds is 2. The van der Waals surface area contributed by atoms with E-state index < -0.39 is 0 Å². The monoisotopic (exact) mass is 237 g/mol. The second kappa shape index (κ2) is 5.73. The first-order valence-corrected chi connectivity index (χ1v) is 7.84. The zero-order valence-electron chi connectivity index (χ0n) is 12.2. The fourth-order valence-electron chi connectivity index (χ4n) is 3.86. The lowest BCUT2D eigenvalue weighted by molar-refractivity contribution is 0.148. The summed E-state index contributed by atoms with van der Waals surface area (Å²) in [4.78, 5) is 0. The van der Waals surface area contributed by atoms with Gasteiger partial charge in [-0.25, -0.2) is 0 Å². The predicted octanol–water partition coefficient (Wildman–Crippen LogP) is 4.23. The molecule has 0 spiro atoms. The highest BCUT2D eigenvalue weighted by Gasteiger charge is 2.32. The Morgan fingerprint density at radius 1 is 0.765 bits per heavy atom. The van der Waals surface area contributed by atoms with E-state index in [1.807, 2.05) is 0 Å². The van der Waals surface area contributed by atoms with Crippen molar-refractivity contribution in [2.75, 3.05) is 0 Å². The molecule has 6 unspecified atom stereocenters. The Kier molecular flexibility index (Phi) is 4.52. The van der Waals surface area contributed by atoms with E-state index in [9.17, 15) is 0 Å². The third kappa shape index (κ3) is 3.24. The van der Waals surface area contributed by atoms with Crippen molar-refractivity contribution in [3.8, 4) is 0 Å². The third-order valence-corrected chi connectivity index (χ3v) is 5.59. The summed E-state index contributed by atoms with van der Waals surface area (Å²) in [5, 5.41) is 4.02. The molecule has 2 rings (SSSR count). The second-order valence-electron chi connectivity index (χ2n) is 7.04. The molecule has 0 radical (unpaired) electrons. The van der Waals surface area contributed by atoms with Crippen molar-refractivity contribution in [2.45, 2.75) is 78.3 Å². The average molecular weight is 237 g/mol. The van der Waals surface area contributed by atoms with Crippen LogP contribution in [0.2, 0.25) is 0 Å². The van der Waals surface area contributed by atoms with Crippen molar-refractivity contribution in [3.63, 3.8) is 0 Å². The van der Waals surface area contributed by atoms with Crippen molar-refractivity contribution in [2.24, 2.45) is 23.7 Å². The largest absolute Gasteiger partial charge is 0.311 e. The molecule has 0 heterocycles. The van der Waals surface area contributed by atoms with E-state index in [1.54, 1.807) is 0 Å². The Bertz CT molecular complexity index is 238. The molecule has 6 atom stereocenters. The van der Waals surface area contributed by atoms with Crippen molar-refractivity contribution in [1.82, 2.24) is 5.32 Å². The van der Waals surface area contributed by atoms with Gasteiger partial charge in [0.05, 0.1) is 0 Å². The molecule has 0 aliphatic heterocycles. The van der Waals surface area contributed by atoms with Gasteiger partial charge in [-0.3, -0.25) is 0 Å². The van der Waals surface area contributed by atoms with Gasteiger partial charge in [-0.1, -0.05) is 47.0 Å². The molecule has 0 aromatic carbocycles. The van der Waals surface area contributed by atoms with E-state index in [-0.39, 0.29) is 0 Å². The molecule has 17 heavy (non-hydrogen) atoms. The molecule has 2 aliphatic carbocycles. The highest BCUT2D eigenvalue weighted by atomic mass is 15.0. The molecule has 0 aromatic heterocycles. The highest BCUT2D eigenvalue weighted by Crippen LogP contribution is 2.33. The maximum absolute atomic E-state index is 4.02. The molecule has 100 valence electrons. The van der Waals surface area contributed by atoms with Crippen LogP contribution in [0.25, 0.3) is 0 Å². The summed E-state index contributed by atoms with van der Waals surface area (Å²) < 4.78 is 0. The fraction of sp³-hybridized carbons (Fsp3) is 1.00. The standard InChI is InChI=1S/C16H31N/c1-11-8-9-13(3)16(10-11)17-15-7-5-6-12(2)14(15)4/h11-17H,5-10H2,1-4H3. The number of nitrogens with one attached hydrogen (secondary N) is 1. The van der Waals surface area contributed by atoms with E-state index in [0.29, 0.717) is 0 Å². The van der Waals surface area contributed by atoms with Crippen LogP contribution < -0.4 is 5.32 Å². The Balaban J connectivity index is 1.90. The minimum atomic E-state index is 0.788. The first-order valence-electron chi connectivity index (χ1n) is 7.84. The van der Waals surface area contributed by atoms with Crippen molar-refractivity contribution < 1.29 is 0 Å². The van der Waals surface area contributed by atoms with Gasteiger partial charge < -0.3 is 5.32 Å². The average Bonchev–Trinajstić information content (AvgIpc) is 2.30. The van der Waals surface area contributed by atoms with Crippen LogP contribution >= 0.6 is 0 Å². The smallest absolute Gasteiger partial charge is 0.00979 e. The molecule has 1 N–H and O–H groups in total. The Morgan fingerprint density at radius 3 is 2.29 bits per heavy atom. The van der Waals surface area contributed by atoms with Crippen molar-refractivity contribution in [1.29, 1.82) is 0 Å². The summed E-state index contributed by atoms with van der Waals surface area (Å²) in [7, 11) is 0. The minimum absolute atomic E-state index is 0.788. The molecular weight excluding hydrogens is 206 g/mol. The lowest BCUT2D eigenvalue weighted by atomic mass is 9.75. The van der Waals surface area contributed by atoms with Crippen LogP contribution in [0.5, 0.6) is 0 Å². The minimum Gasteiger partial charge on any atom is -0.311 e. The lowest BCUT2D eigenvalue weighted by Gasteiger charge is -2.41. The zero-order valence-corrected chi connectivity index (χ0v) is 12.2. The molecule has 2 aliphatic rings. The lowest BCUT2D eigenvalue weighted by Crippen LogP contribution is -2.49. The molecule has 2 fully saturated rings. The van der Waals surface area contributed by atoms with E-state index in [1.165, 1.54) is 38.5 Å². The van der Waals surface area contributed by atoms with Gasteiger partial charge in [-0.15, -0.1) is 0 Å². The van der Waals surface area contributed by atoms with E-state index in [2.05, 4.69) is 33.0 Å². The van der Waals surface area contributed by atoms with Crippen LogP contribution in [0.4, 0.5) is 0 Å². The van der Waals surface area contributed by atoms with Crippen LogP contribution in [-0.4, -0.2) is 12.1 Å². The Morgan fingerprint density at radius 2 is 1.53 bits per heavy atom. The van der Waals surface area contributed by atoms with Gasteiger partial charge in [0.25, 0.3) is 0 Å². The van der Waals surface area contributed by atoms with Crippen LogP contribution in [-0.2, 0) is 0 Å². The normalized spacial score (nSPS) is 48.0. The van der Waals surface area contributed by atoms with Crippen molar-refractivity contribution in [3.05, 3.63) is 0 Å². The van der Waals surface area contributed by atoms with Gasteiger partial charge in [0.1, 0.15) is 0 Å². The van der Waals surface area contributed by atoms with Crippen molar-refractivity contribution >= 4 is 0 Å². The molecule has 1 nitrogen and oxygen atoms in total. The number of hydrogen-bond donors (Lipinski definition) is 1. The quantitative estimate of drug-likeness (QED) is 0.758. The molecule has 0 amide bonds. The topological polar surface area (TPSA) is 12.0 Å². The van der Waals surface area contributed by atoms with Crippen LogP contribution in [0.15, 0.2) is 0 Å². The predicted molar refractivity (Wildman–Crippen MR) is 75.1 cm³/mol. The first kappa shape index (κ1) is 13.4. The summed E-state index contributed by atoms with van der Waals surface area (Å²) >= 11 is 0. The highest BCUT2D eigenvalue weighted by molar-refractivity contribution is 4.88. The molecule has 0 bridgehead atoms. The Hall–Kier alpha value is -0.0400. The Labute approximate surface area is 108 Å². The van der Waals surface area contributed by atoms with Gasteiger partial charge in [0, 0.05) is 12.1 Å². The SMILES string of the molecule is CC1CCC(C)C(NC2CCCC(C)C2C)C1. The summed E-state index contributed by atoms with van der Waals surface area (Å²) in [6, 6.07) is 1.58. The summed E-state index contributed by atoms with van der Waals surface area (Å²) in [6.07, 6.45) is 8.54. The van der Waals surface area contributed by atoms with Crippen LogP contribution in [0, 0.1) is 23.7 Å². The third-order valence-electron chi connectivity index (χ3n) is 5.59. The van der Waals surface area contributed by atoms with Crippen LogP contribution in [0.1, 0.15) is 66.2 Å². The maximum atomic E-state index is 4.02.